The third kappa shape index (κ3) is 5.00. The molecule has 0 radical (unpaired) electrons. The number of rotatable bonds is 5. The van der Waals surface area contributed by atoms with E-state index in [9.17, 15) is 4.79 Å². The number of hydrogen-bond donors (Lipinski definition) is 2. The van der Waals surface area contributed by atoms with Crippen molar-refractivity contribution in [1.29, 1.82) is 0 Å². The largest absolute Gasteiger partial charge is 0.374 e. The molecule has 0 heterocycles. The molecule has 4 nitrogen and oxygen atoms in total. The number of carbonyl (C=O) groups excluding carboxylic acids is 1. The maximum Gasteiger partial charge on any atom is 0.262 e. The van der Waals surface area contributed by atoms with Crippen molar-refractivity contribution in [3.05, 3.63) is 64.1 Å². The van der Waals surface area contributed by atoms with Crippen molar-refractivity contribution < 1.29 is 4.79 Å². The van der Waals surface area contributed by atoms with Crippen LogP contribution in [0.4, 0.5) is 5.69 Å². The van der Waals surface area contributed by atoms with E-state index in [1.54, 1.807) is 13.1 Å². The average molecular weight is 360 g/mol. The molecule has 0 aliphatic carbocycles. The second kappa shape index (κ2) is 7.75. The summed E-state index contributed by atoms with van der Waals surface area (Å²) in [6, 6.07) is 15.2. The summed E-state index contributed by atoms with van der Waals surface area (Å²) in [6.07, 6.45) is 1.61. The molecule has 0 saturated heterocycles. The van der Waals surface area contributed by atoms with E-state index < -0.39 is 0 Å². The van der Waals surface area contributed by atoms with Crippen molar-refractivity contribution in [2.75, 3.05) is 5.32 Å². The van der Waals surface area contributed by atoms with E-state index >= 15 is 0 Å². The van der Waals surface area contributed by atoms with Gasteiger partial charge in [0.15, 0.2) is 0 Å². The van der Waals surface area contributed by atoms with E-state index in [1.807, 2.05) is 55.5 Å². The van der Waals surface area contributed by atoms with Crippen molar-refractivity contribution in [2.45, 2.75) is 19.9 Å². The normalized spacial score (nSPS) is 12.1. The van der Waals surface area contributed by atoms with Gasteiger partial charge in [0, 0.05) is 10.2 Å². The first kappa shape index (κ1) is 16.2. The molecule has 0 aromatic heterocycles. The third-order valence-corrected chi connectivity index (χ3v) is 3.52. The number of hydrogen-bond acceptors (Lipinski definition) is 3. The van der Waals surface area contributed by atoms with Gasteiger partial charge in [0.25, 0.3) is 5.91 Å². The highest BCUT2D eigenvalue weighted by Crippen LogP contribution is 2.11. The van der Waals surface area contributed by atoms with E-state index in [4.69, 9.17) is 0 Å². The molecule has 2 N–H and O–H groups in total. The van der Waals surface area contributed by atoms with Crippen LogP contribution in [0.2, 0.25) is 0 Å². The predicted octanol–water partition coefficient (Wildman–Crippen LogP) is 3.71. The van der Waals surface area contributed by atoms with Crippen molar-refractivity contribution in [3.63, 3.8) is 0 Å². The van der Waals surface area contributed by atoms with Gasteiger partial charge in [0.2, 0.25) is 0 Å². The number of amides is 1. The Hall–Kier alpha value is -2.14. The van der Waals surface area contributed by atoms with Crippen LogP contribution >= 0.6 is 15.9 Å². The zero-order valence-electron chi connectivity index (χ0n) is 12.5. The summed E-state index contributed by atoms with van der Waals surface area (Å²) in [4.78, 5) is 12.0. The summed E-state index contributed by atoms with van der Waals surface area (Å²) in [5.41, 5.74) is 5.51. The number of hydrazone groups is 1. The summed E-state index contributed by atoms with van der Waals surface area (Å²) in [7, 11) is 0. The van der Waals surface area contributed by atoms with E-state index in [0.29, 0.717) is 0 Å². The second-order valence-corrected chi connectivity index (χ2v) is 5.94. The first-order chi connectivity index (χ1) is 10.5. The molecule has 2 aromatic carbocycles. The lowest BCUT2D eigenvalue weighted by molar-refractivity contribution is -0.121. The lowest BCUT2D eigenvalue weighted by Crippen LogP contribution is -2.34. The van der Waals surface area contributed by atoms with Crippen LogP contribution in [0.1, 0.15) is 18.1 Å². The summed E-state index contributed by atoms with van der Waals surface area (Å²) in [5.74, 6) is -0.187. The molecule has 2 aromatic rings. The fourth-order valence-electron chi connectivity index (χ4n) is 1.90. The highest BCUT2D eigenvalue weighted by atomic mass is 79.9. The molecular formula is C17H18BrN3O. The minimum Gasteiger partial charge on any atom is -0.374 e. The van der Waals surface area contributed by atoms with E-state index in [1.165, 1.54) is 0 Å². The van der Waals surface area contributed by atoms with Crippen LogP contribution in [-0.4, -0.2) is 18.2 Å². The van der Waals surface area contributed by atoms with E-state index in [0.717, 1.165) is 21.3 Å². The van der Waals surface area contributed by atoms with E-state index in [-0.39, 0.29) is 11.9 Å². The lowest BCUT2D eigenvalue weighted by Gasteiger charge is -2.13. The first-order valence-corrected chi connectivity index (χ1v) is 7.75. The summed E-state index contributed by atoms with van der Waals surface area (Å²) in [5, 5.41) is 7.12. The number of nitrogens with one attached hydrogen (secondary N) is 2. The fourth-order valence-corrected chi connectivity index (χ4v) is 2.32. The topological polar surface area (TPSA) is 53.5 Å². The zero-order valence-corrected chi connectivity index (χ0v) is 14.1. The molecule has 5 heteroatoms. The highest BCUT2D eigenvalue weighted by Gasteiger charge is 2.11. The van der Waals surface area contributed by atoms with Crippen LogP contribution in [-0.2, 0) is 4.79 Å². The van der Waals surface area contributed by atoms with Crippen LogP contribution < -0.4 is 10.7 Å². The molecule has 1 atom stereocenters. The SMILES string of the molecule is Cc1cccc(N[C@H](C)C(=O)N/N=C\c2cccc(Br)c2)c1. The Bertz CT molecular complexity index is 685. The van der Waals surface area contributed by atoms with Crippen molar-refractivity contribution in [1.82, 2.24) is 5.43 Å². The Morgan fingerprint density at radius 3 is 2.73 bits per heavy atom. The summed E-state index contributed by atoms with van der Waals surface area (Å²) in [6.45, 7) is 3.81. The second-order valence-electron chi connectivity index (χ2n) is 5.02. The van der Waals surface area contributed by atoms with Crippen LogP contribution in [0.15, 0.2) is 58.1 Å². The minimum absolute atomic E-state index is 0.187. The highest BCUT2D eigenvalue weighted by molar-refractivity contribution is 9.10. The number of benzene rings is 2. The molecule has 0 unspecified atom stereocenters. The van der Waals surface area contributed by atoms with Crippen LogP contribution in [0.5, 0.6) is 0 Å². The molecule has 0 bridgehead atoms. The van der Waals surface area contributed by atoms with Gasteiger partial charge in [0.05, 0.1) is 6.21 Å². The smallest absolute Gasteiger partial charge is 0.262 e. The molecule has 0 fully saturated rings. The number of halogens is 1. The van der Waals surface area contributed by atoms with Gasteiger partial charge in [-0.25, -0.2) is 5.43 Å². The zero-order chi connectivity index (χ0) is 15.9. The Morgan fingerprint density at radius 2 is 2.00 bits per heavy atom. The maximum absolute atomic E-state index is 12.0. The van der Waals surface area contributed by atoms with Gasteiger partial charge in [0.1, 0.15) is 6.04 Å². The van der Waals surface area contributed by atoms with Crippen molar-refractivity contribution >= 4 is 33.7 Å². The Morgan fingerprint density at radius 1 is 1.23 bits per heavy atom. The van der Waals surface area contributed by atoms with Crippen LogP contribution in [0, 0.1) is 6.92 Å². The van der Waals surface area contributed by atoms with Crippen LogP contribution in [0.3, 0.4) is 0 Å². The molecule has 0 aliphatic rings. The fraction of sp³-hybridized carbons (Fsp3) is 0.176. The monoisotopic (exact) mass is 359 g/mol. The molecule has 0 spiro atoms. The standard InChI is InChI=1S/C17H18BrN3O/c1-12-5-3-8-16(9-12)20-13(2)17(22)21-19-11-14-6-4-7-15(18)10-14/h3-11,13,20H,1-2H3,(H,21,22)/b19-11-/t13-/m1/s1. The van der Waals surface area contributed by atoms with Gasteiger partial charge in [-0.05, 0) is 49.2 Å². The Labute approximate surface area is 138 Å². The molecular weight excluding hydrogens is 342 g/mol. The van der Waals surface area contributed by atoms with Gasteiger partial charge < -0.3 is 5.32 Å². The van der Waals surface area contributed by atoms with Gasteiger partial charge in [-0.3, -0.25) is 4.79 Å². The molecule has 0 aliphatic heterocycles. The quantitative estimate of drug-likeness (QED) is 0.631. The first-order valence-electron chi connectivity index (χ1n) is 6.96. The maximum atomic E-state index is 12.0. The number of carbonyl (C=O) groups is 1. The van der Waals surface area contributed by atoms with Gasteiger partial charge in [-0.1, -0.05) is 40.2 Å². The summed E-state index contributed by atoms with van der Waals surface area (Å²) < 4.78 is 0.970. The molecule has 114 valence electrons. The van der Waals surface area contributed by atoms with Gasteiger partial charge in [-0.2, -0.15) is 5.10 Å². The summed E-state index contributed by atoms with van der Waals surface area (Å²) >= 11 is 3.39. The van der Waals surface area contributed by atoms with Gasteiger partial charge >= 0.3 is 0 Å². The van der Waals surface area contributed by atoms with Gasteiger partial charge in [-0.15, -0.1) is 0 Å². The predicted molar refractivity (Wildman–Crippen MR) is 94.1 cm³/mol. The van der Waals surface area contributed by atoms with Crippen molar-refractivity contribution in [3.8, 4) is 0 Å². The molecule has 2 rings (SSSR count). The third-order valence-electron chi connectivity index (χ3n) is 3.03. The van der Waals surface area contributed by atoms with Crippen LogP contribution in [0.25, 0.3) is 0 Å². The molecule has 0 saturated carbocycles. The molecule has 1 amide bonds. The number of nitrogens with zero attached hydrogens (tertiary/aromatic N) is 1. The average Bonchev–Trinajstić information content (AvgIpc) is 2.47. The van der Waals surface area contributed by atoms with E-state index in [2.05, 4.69) is 31.8 Å². The molecule has 22 heavy (non-hydrogen) atoms. The number of anilines is 1. The lowest BCUT2D eigenvalue weighted by atomic mass is 10.2. The Balaban J connectivity index is 1.89. The number of aryl methyl sites for hydroxylation is 1. The van der Waals surface area contributed by atoms with Crippen molar-refractivity contribution in [2.24, 2.45) is 5.10 Å². The Kier molecular flexibility index (Phi) is 5.72. The minimum atomic E-state index is -0.374.